The number of hydrogen-bond donors (Lipinski definition) is 0. The van der Waals surface area contributed by atoms with Crippen LogP contribution in [0.2, 0.25) is 0 Å². The highest BCUT2D eigenvalue weighted by Gasteiger charge is 2.44. The van der Waals surface area contributed by atoms with Gasteiger partial charge in [0.2, 0.25) is 0 Å². The molecular weight excluding hydrogens is 572 g/mol. The lowest BCUT2D eigenvalue weighted by Crippen LogP contribution is -2.31. The number of allylic oxidation sites excluding steroid dienone is 4. The average molecular weight is 611 g/mol. The summed E-state index contributed by atoms with van der Waals surface area (Å²) in [5.74, 6) is -0.168. The molecule has 41 heavy (non-hydrogen) atoms. The van der Waals surface area contributed by atoms with Crippen LogP contribution in [0.25, 0.3) is 0 Å². The van der Waals surface area contributed by atoms with Crippen molar-refractivity contribution < 1.29 is 26.3 Å². The largest absolute Gasteiger partial charge is 0.417 e. The Labute approximate surface area is 242 Å². The Balaban J connectivity index is 1.62. The van der Waals surface area contributed by atoms with Crippen LogP contribution in [-0.2, 0) is 12.4 Å². The highest BCUT2D eigenvalue weighted by atomic mass is 31.1. The minimum absolute atomic E-state index is 0.0430. The number of hydrogen-bond acceptors (Lipinski definition) is 0. The first-order chi connectivity index (χ1) is 19.6. The third-order valence-electron chi connectivity index (χ3n) is 9.07. The van der Waals surface area contributed by atoms with Crippen LogP contribution in [0.3, 0.4) is 0 Å². The molecule has 5 rings (SSSR count). The zero-order valence-corrected chi connectivity index (χ0v) is 25.2. The molecule has 0 bridgehead atoms. The molecule has 8 heteroatoms. The summed E-state index contributed by atoms with van der Waals surface area (Å²) in [4.78, 5) is 0. The molecule has 0 spiro atoms. The summed E-state index contributed by atoms with van der Waals surface area (Å²) < 4.78 is 86.2. The highest BCUT2D eigenvalue weighted by Crippen LogP contribution is 2.64. The van der Waals surface area contributed by atoms with Gasteiger partial charge < -0.3 is 0 Å². The standard InChI is InChI=1S/C33H38F6P2/c1-23(40(24-13-4-2-5-14-24)25-15-6-3-7-16-25)26-17-12-22-29(26)41(30-20-10-8-18-27(30)32(34,35)36)31-21-11-9-19-28(31)33(37,38)39/h8-12,17-26H,2-7,13-16H2,1H3/t23-,26?/m0/s1. The Kier molecular flexibility index (Phi) is 9.71. The van der Waals surface area contributed by atoms with E-state index in [2.05, 4.69) is 13.0 Å². The van der Waals surface area contributed by atoms with Gasteiger partial charge in [-0.2, -0.15) is 26.3 Å². The molecule has 0 aromatic heterocycles. The summed E-state index contributed by atoms with van der Waals surface area (Å²) in [6.07, 6.45) is 8.62. The lowest BCUT2D eigenvalue weighted by atomic mass is 9.99. The van der Waals surface area contributed by atoms with E-state index in [1.165, 1.54) is 101 Å². The van der Waals surface area contributed by atoms with Crippen LogP contribution in [-0.4, -0.2) is 17.0 Å². The van der Waals surface area contributed by atoms with Crippen molar-refractivity contribution in [3.05, 3.63) is 83.2 Å². The van der Waals surface area contributed by atoms with E-state index < -0.39 is 39.3 Å². The predicted molar refractivity (Wildman–Crippen MR) is 160 cm³/mol. The Morgan fingerprint density at radius 2 is 1.10 bits per heavy atom. The molecule has 2 saturated carbocycles. The molecular formula is C33H38F6P2. The van der Waals surface area contributed by atoms with Crippen molar-refractivity contribution in [2.45, 2.75) is 100 Å². The Hall–Kier alpha value is -1.64. The van der Waals surface area contributed by atoms with Crippen LogP contribution in [0.15, 0.2) is 72.1 Å². The van der Waals surface area contributed by atoms with E-state index >= 15 is 0 Å². The first-order valence-corrected chi connectivity index (χ1v) is 17.7. The van der Waals surface area contributed by atoms with Gasteiger partial charge in [-0.25, -0.2) is 0 Å². The van der Waals surface area contributed by atoms with Crippen molar-refractivity contribution in [2.75, 3.05) is 0 Å². The highest BCUT2D eigenvalue weighted by molar-refractivity contribution is 7.77. The summed E-state index contributed by atoms with van der Waals surface area (Å²) in [5.41, 5.74) is -0.234. The number of rotatable bonds is 7. The monoisotopic (exact) mass is 610 g/mol. The molecule has 2 aromatic carbocycles. The molecule has 0 saturated heterocycles. The van der Waals surface area contributed by atoms with E-state index in [0.717, 1.165) is 17.4 Å². The second-order valence-corrected chi connectivity index (χ2v) is 17.0. The molecule has 0 N–H and O–H groups in total. The fourth-order valence-electron chi connectivity index (χ4n) is 7.25. The van der Waals surface area contributed by atoms with Crippen LogP contribution in [0, 0.1) is 5.92 Å². The Morgan fingerprint density at radius 1 is 0.659 bits per heavy atom. The molecule has 0 aliphatic heterocycles. The minimum Gasteiger partial charge on any atom is -0.166 e. The van der Waals surface area contributed by atoms with Crippen molar-refractivity contribution in [1.82, 2.24) is 0 Å². The molecule has 0 heterocycles. The Morgan fingerprint density at radius 3 is 1.54 bits per heavy atom. The number of alkyl halides is 6. The SMILES string of the molecule is C[C@@H](C1C=CC=C1P(c1ccccc1C(F)(F)F)c1ccccc1C(F)(F)F)P(C1CCCCC1)C1CCCCC1. The zero-order chi connectivity index (χ0) is 29.2. The maximum atomic E-state index is 14.4. The third-order valence-corrected chi connectivity index (χ3v) is 15.8. The van der Waals surface area contributed by atoms with Crippen molar-refractivity contribution in [2.24, 2.45) is 5.92 Å². The lowest BCUT2D eigenvalue weighted by molar-refractivity contribution is -0.137. The van der Waals surface area contributed by atoms with Gasteiger partial charge in [0.1, 0.15) is 0 Å². The minimum atomic E-state index is -4.67. The first kappa shape index (κ1) is 30.8. The molecule has 0 radical (unpaired) electrons. The van der Waals surface area contributed by atoms with Crippen LogP contribution in [0.5, 0.6) is 0 Å². The molecule has 0 nitrogen and oxygen atoms in total. The quantitative estimate of drug-likeness (QED) is 0.216. The molecule has 3 aliphatic carbocycles. The van der Waals surface area contributed by atoms with Gasteiger partial charge in [-0.15, -0.1) is 0 Å². The maximum Gasteiger partial charge on any atom is 0.417 e. The first-order valence-electron chi connectivity index (χ1n) is 14.9. The molecule has 0 amide bonds. The molecule has 2 aromatic rings. The van der Waals surface area contributed by atoms with Gasteiger partial charge in [0.05, 0.1) is 11.1 Å². The van der Waals surface area contributed by atoms with Gasteiger partial charge in [0.15, 0.2) is 0 Å². The summed E-state index contributed by atoms with van der Waals surface area (Å²) >= 11 is 0. The van der Waals surface area contributed by atoms with E-state index in [1.807, 2.05) is 12.2 Å². The van der Waals surface area contributed by atoms with E-state index in [1.54, 1.807) is 0 Å². The van der Waals surface area contributed by atoms with Crippen molar-refractivity contribution in [3.8, 4) is 0 Å². The van der Waals surface area contributed by atoms with E-state index in [9.17, 15) is 26.3 Å². The fraction of sp³-hybridized carbons (Fsp3) is 0.515. The van der Waals surface area contributed by atoms with Crippen LogP contribution in [0.1, 0.15) is 82.3 Å². The summed E-state index contributed by atoms with van der Waals surface area (Å²) in [5, 5.41) is 0.636. The number of halogens is 6. The van der Waals surface area contributed by atoms with Gasteiger partial charge in [-0.3, -0.25) is 0 Å². The van der Waals surface area contributed by atoms with E-state index in [4.69, 9.17) is 0 Å². The summed E-state index contributed by atoms with van der Waals surface area (Å²) in [7, 11) is -2.53. The topological polar surface area (TPSA) is 0 Å². The second kappa shape index (κ2) is 12.9. The summed E-state index contributed by atoms with van der Waals surface area (Å²) in [6, 6.07) is 10.5. The van der Waals surface area contributed by atoms with Crippen molar-refractivity contribution in [3.63, 3.8) is 0 Å². The zero-order valence-electron chi connectivity index (χ0n) is 23.4. The fourth-order valence-corrected chi connectivity index (χ4v) is 14.9. The van der Waals surface area contributed by atoms with Gasteiger partial charge in [0, 0.05) is 5.92 Å². The van der Waals surface area contributed by atoms with Gasteiger partial charge in [0.25, 0.3) is 0 Å². The lowest BCUT2D eigenvalue weighted by Gasteiger charge is -2.44. The molecule has 2 atom stereocenters. The maximum absolute atomic E-state index is 14.4. The second-order valence-electron chi connectivity index (χ2n) is 11.6. The molecule has 222 valence electrons. The predicted octanol–water partition coefficient (Wildman–Crippen LogP) is 10.8. The summed E-state index contributed by atoms with van der Waals surface area (Å²) in [6.45, 7) is 2.25. The molecule has 2 fully saturated rings. The molecule has 1 unspecified atom stereocenters. The van der Waals surface area contributed by atoms with Crippen molar-refractivity contribution >= 4 is 26.5 Å². The number of benzene rings is 2. The van der Waals surface area contributed by atoms with Crippen LogP contribution >= 0.6 is 15.8 Å². The van der Waals surface area contributed by atoms with Gasteiger partial charge in [-0.1, -0.05) is 108 Å². The molecule has 3 aliphatic rings. The van der Waals surface area contributed by atoms with Crippen molar-refractivity contribution in [1.29, 1.82) is 0 Å². The van der Waals surface area contributed by atoms with Crippen LogP contribution < -0.4 is 10.6 Å². The average Bonchev–Trinajstić information content (AvgIpc) is 3.43. The van der Waals surface area contributed by atoms with E-state index in [-0.39, 0.29) is 22.2 Å². The van der Waals surface area contributed by atoms with Crippen LogP contribution in [0.4, 0.5) is 26.3 Å². The smallest absolute Gasteiger partial charge is 0.166 e. The normalized spacial score (nSPS) is 22.0. The van der Waals surface area contributed by atoms with Gasteiger partial charge >= 0.3 is 12.4 Å². The third kappa shape index (κ3) is 6.80. The Bertz CT molecular complexity index is 1160. The van der Waals surface area contributed by atoms with Gasteiger partial charge in [-0.05, 0) is 78.6 Å². The van der Waals surface area contributed by atoms with E-state index in [0.29, 0.717) is 11.3 Å².